The molecule has 31 heavy (non-hydrogen) atoms. The molecule has 0 fully saturated rings. The lowest BCUT2D eigenvalue weighted by molar-refractivity contribution is 0.201. The van der Waals surface area contributed by atoms with Crippen molar-refractivity contribution in [1.82, 2.24) is 9.88 Å². The molecule has 0 bridgehead atoms. The lowest BCUT2D eigenvalue weighted by Crippen LogP contribution is -2.35. The van der Waals surface area contributed by atoms with Crippen molar-refractivity contribution < 1.29 is 13.9 Å². The van der Waals surface area contributed by atoms with E-state index < -0.39 is 0 Å². The van der Waals surface area contributed by atoms with Gasteiger partial charge in [-0.25, -0.2) is 4.79 Å². The minimum Gasteiger partial charge on any atom is -0.495 e. The Morgan fingerprint density at radius 3 is 2.71 bits per heavy atom. The largest absolute Gasteiger partial charge is 0.495 e. The van der Waals surface area contributed by atoms with Gasteiger partial charge in [-0.3, -0.25) is 4.79 Å². The summed E-state index contributed by atoms with van der Waals surface area (Å²) in [7, 11) is 1.54. The van der Waals surface area contributed by atoms with Gasteiger partial charge in [-0.05, 0) is 54.3 Å². The molecule has 4 aromatic rings. The van der Waals surface area contributed by atoms with Gasteiger partial charge in [0.2, 0.25) is 0 Å². The predicted octanol–water partition coefficient (Wildman–Crippen LogP) is 4.67. The SMILES string of the molecule is COc1ccccc1NC(=O)N(Cc1ccco1)Cc1cc2ccc(C)cc2[nH]c1=O. The van der Waals surface area contributed by atoms with Gasteiger partial charge in [0.05, 0.1) is 32.1 Å². The Morgan fingerprint density at radius 2 is 1.94 bits per heavy atom. The number of amides is 2. The fraction of sp³-hybridized carbons (Fsp3) is 0.167. The molecule has 0 saturated carbocycles. The van der Waals surface area contributed by atoms with Gasteiger partial charge in [-0.2, -0.15) is 0 Å². The molecular formula is C24H23N3O4. The second-order valence-corrected chi connectivity index (χ2v) is 7.28. The van der Waals surface area contributed by atoms with Crippen molar-refractivity contribution in [3.8, 4) is 5.75 Å². The van der Waals surface area contributed by atoms with Crippen molar-refractivity contribution in [1.29, 1.82) is 0 Å². The number of urea groups is 1. The molecule has 0 atom stereocenters. The van der Waals surface area contributed by atoms with Crippen LogP contribution in [0.3, 0.4) is 0 Å². The molecule has 0 aliphatic heterocycles. The smallest absolute Gasteiger partial charge is 0.322 e. The van der Waals surface area contributed by atoms with Gasteiger partial charge in [-0.1, -0.05) is 24.3 Å². The topological polar surface area (TPSA) is 87.6 Å². The number of nitrogens with zero attached hydrogens (tertiary/aromatic N) is 1. The zero-order valence-electron chi connectivity index (χ0n) is 17.3. The van der Waals surface area contributed by atoms with Gasteiger partial charge in [0.25, 0.3) is 5.56 Å². The molecule has 0 saturated heterocycles. The molecular weight excluding hydrogens is 394 g/mol. The highest BCUT2D eigenvalue weighted by Gasteiger charge is 2.19. The summed E-state index contributed by atoms with van der Waals surface area (Å²) in [6.07, 6.45) is 1.55. The summed E-state index contributed by atoms with van der Waals surface area (Å²) in [4.78, 5) is 30.3. The van der Waals surface area contributed by atoms with Crippen LogP contribution in [0.25, 0.3) is 10.9 Å². The van der Waals surface area contributed by atoms with E-state index in [2.05, 4.69) is 10.3 Å². The van der Waals surface area contributed by atoms with Crippen LogP contribution in [0.2, 0.25) is 0 Å². The van der Waals surface area contributed by atoms with E-state index in [0.717, 1.165) is 16.5 Å². The first kappa shape index (κ1) is 20.3. The highest BCUT2D eigenvalue weighted by atomic mass is 16.5. The van der Waals surface area contributed by atoms with Gasteiger partial charge in [0.1, 0.15) is 11.5 Å². The maximum Gasteiger partial charge on any atom is 0.322 e. The molecule has 0 unspecified atom stereocenters. The number of carbonyl (C=O) groups excluding carboxylic acids is 1. The number of aromatic amines is 1. The van der Waals surface area contributed by atoms with Crippen molar-refractivity contribution >= 4 is 22.6 Å². The molecule has 2 amide bonds. The predicted molar refractivity (Wildman–Crippen MR) is 119 cm³/mol. The average Bonchev–Trinajstić information content (AvgIpc) is 3.27. The molecule has 4 rings (SSSR count). The van der Waals surface area contributed by atoms with Crippen LogP contribution >= 0.6 is 0 Å². The van der Waals surface area contributed by atoms with Crippen molar-refractivity contribution in [3.05, 3.63) is 94.2 Å². The number of carbonyl (C=O) groups is 1. The van der Waals surface area contributed by atoms with Gasteiger partial charge >= 0.3 is 6.03 Å². The first-order chi connectivity index (χ1) is 15.0. The Morgan fingerprint density at radius 1 is 1.10 bits per heavy atom. The lowest BCUT2D eigenvalue weighted by atomic mass is 10.1. The van der Waals surface area contributed by atoms with E-state index >= 15 is 0 Å². The number of furan rings is 1. The van der Waals surface area contributed by atoms with Crippen molar-refractivity contribution in [2.45, 2.75) is 20.0 Å². The quantitative estimate of drug-likeness (QED) is 0.477. The summed E-state index contributed by atoms with van der Waals surface area (Å²) in [6.45, 7) is 2.29. The van der Waals surface area contributed by atoms with Gasteiger partial charge < -0.3 is 24.4 Å². The van der Waals surface area contributed by atoms with E-state index in [1.54, 1.807) is 37.6 Å². The summed E-state index contributed by atoms with van der Waals surface area (Å²) in [5, 5.41) is 3.77. The summed E-state index contributed by atoms with van der Waals surface area (Å²) in [6, 6.07) is 18.0. The highest BCUT2D eigenvalue weighted by molar-refractivity contribution is 5.91. The summed E-state index contributed by atoms with van der Waals surface area (Å²) >= 11 is 0. The first-order valence-electron chi connectivity index (χ1n) is 9.87. The van der Waals surface area contributed by atoms with E-state index in [1.165, 1.54) is 4.90 Å². The Balaban J connectivity index is 1.64. The fourth-order valence-corrected chi connectivity index (χ4v) is 3.42. The summed E-state index contributed by atoms with van der Waals surface area (Å²) < 4.78 is 10.7. The second kappa shape index (κ2) is 8.79. The van der Waals surface area contributed by atoms with Crippen molar-refractivity contribution in [2.24, 2.45) is 0 Å². The molecule has 7 nitrogen and oxygen atoms in total. The number of nitrogens with one attached hydrogen (secondary N) is 2. The molecule has 0 radical (unpaired) electrons. The van der Waals surface area contributed by atoms with Gasteiger partial charge in [0.15, 0.2) is 0 Å². The molecule has 158 valence electrons. The normalized spacial score (nSPS) is 10.8. The van der Waals surface area contributed by atoms with Gasteiger partial charge in [0, 0.05) is 11.1 Å². The molecule has 7 heteroatoms. The van der Waals surface area contributed by atoms with E-state index in [1.807, 2.05) is 43.3 Å². The number of pyridine rings is 1. The highest BCUT2D eigenvalue weighted by Crippen LogP contribution is 2.24. The van der Waals surface area contributed by atoms with Crippen LogP contribution < -0.4 is 15.6 Å². The van der Waals surface area contributed by atoms with Crippen LogP contribution in [-0.4, -0.2) is 23.0 Å². The molecule has 2 aromatic carbocycles. The lowest BCUT2D eigenvalue weighted by Gasteiger charge is -2.23. The Kier molecular flexibility index (Phi) is 5.75. The van der Waals surface area contributed by atoms with E-state index in [9.17, 15) is 9.59 Å². The van der Waals surface area contributed by atoms with Crippen LogP contribution in [-0.2, 0) is 13.1 Å². The number of fused-ring (bicyclic) bond motifs is 1. The van der Waals surface area contributed by atoms with E-state index in [4.69, 9.17) is 9.15 Å². The van der Waals surface area contributed by atoms with Crippen LogP contribution in [0.4, 0.5) is 10.5 Å². The number of methoxy groups -OCH3 is 1. The molecule has 2 N–H and O–H groups in total. The van der Waals surface area contributed by atoms with Gasteiger partial charge in [-0.15, -0.1) is 0 Å². The minimum absolute atomic E-state index is 0.112. The van der Waals surface area contributed by atoms with Crippen molar-refractivity contribution in [2.75, 3.05) is 12.4 Å². The van der Waals surface area contributed by atoms with Crippen LogP contribution in [0.1, 0.15) is 16.9 Å². The zero-order valence-corrected chi connectivity index (χ0v) is 17.3. The van der Waals surface area contributed by atoms with Crippen LogP contribution in [0, 0.1) is 6.92 Å². The summed E-state index contributed by atoms with van der Waals surface area (Å²) in [5.41, 5.74) is 2.63. The standard InChI is InChI=1S/C24H23N3O4/c1-16-9-10-17-13-18(23(28)25-21(17)12-16)14-27(15-19-6-5-11-31-19)24(29)26-20-7-3-4-8-22(20)30-2/h3-13H,14-15H2,1-2H3,(H,25,28)(H,26,29). The number of aryl methyl sites for hydroxylation is 1. The molecule has 0 spiro atoms. The monoisotopic (exact) mass is 417 g/mol. The molecule has 2 aromatic heterocycles. The van der Waals surface area contributed by atoms with Crippen molar-refractivity contribution in [3.63, 3.8) is 0 Å². The minimum atomic E-state index is -0.371. The first-order valence-corrected chi connectivity index (χ1v) is 9.87. The number of benzene rings is 2. The molecule has 0 aliphatic carbocycles. The third-order valence-electron chi connectivity index (χ3n) is 5.00. The number of hydrogen-bond acceptors (Lipinski definition) is 4. The third-order valence-corrected chi connectivity index (χ3v) is 5.00. The number of hydrogen-bond donors (Lipinski definition) is 2. The number of H-pyrrole nitrogens is 1. The number of rotatable bonds is 6. The molecule has 0 aliphatic rings. The third kappa shape index (κ3) is 4.61. The maximum absolute atomic E-state index is 13.1. The van der Waals surface area contributed by atoms with Crippen LogP contribution in [0.5, 0.6) is 5.75 Å². The second-order valence-electron chi connectivity index (χ2n) is 7.28. The van der Waals surface area contributed by atoms with E-state index in [-0.39, 0.29) is 24.7 Å². The Labute approximate surface area is 179 Å². The van der Waals surface area contributed by atoms with E-state index in [0.29, 0.717) is 22.8 Å². The number of aromatic nitrogens is 1. The van der Waals surface area contributed by atoms with Crippen LogP contribution in [0.15, 0.2) is 76.1 Å². The fourth-order valence-electron chi connectivity index (χ4n) is 3.42. The Hall–Kier alpha value is -4.00. The Bertz CT molecular complexity index is 1260. The number of ether oxygens (including phenoxy) is 1. The number of anilines is 1. The maximum atomic E-state index is 13.1. The molecule has 2 heterocycles. The zero-order chi connectivity index (χ0) is 21.8. The average molecular weight is 417 g/mol. The number of para-hydroxylation sites is 2. The summed E-state index contributed by atoms with van der Waals surface area (Å²) in [5.74, 6) is 1.16.